The summed E-state index contributed by atoms with van der Waals surface area (Å²) in [5.41, 5.74) is 0. The molecule has 0 aromatic rings. The lowest BCUT2D eigenvalue weighted by Crippen LogP contribution is -2.14. The summed E-state index contributed by atoms with van der Waals surface area (Å²) in [6.07, 6.45) is 3.18. The van der Waals surface area contributed by atoms with Crippen LogP contribution in [-0.4, -0.2) is 33.5 Å². The minimum Gasteiger partial charge on any atom is -0.368 e. The summed E-state index contributed by atoms with van der Waals surface area (Å²) >= 11 is 0. The van der Waals surface area contributed by atoms with Crippen molar-refractivity contribution < 1.29 is 17.3 Å². The average Bonchev–Trinajstić information content (AvgIpc) is 2.79. The van der Waals surface area contributed by atoms with E-state index >= 15 is 0 Å². The van der Waals surface area contributed by atoms with Crippen molar-refractivity contribution in [3.8, 4) is 0 Å². The molecule has 1 aliphatic heterocycles. The molecule has 0 aromatic carbocycles. The van der Waals surface area contributed by atoms with Gasteiger partial charge in [0.2, 0.25) is 0 Å². The monoisotopic (exact) mass is 208 g/mol. The highest BCUT2D eigenvalue weighted by Crippen LogP contribution is 2.28. The van der Waals surface area contributed by atoms with Gasteiger partial charge in [-0.05, 0) is 6.42 Å². The Hall–Kier alpha value is -0.130. The van der Waals surface area contributed by atoms with Crippen molar-refractivity contribution in [3.63, 3.8) is 0 Å². The van der Waals surface area contributed by atoms with E-state index in [1.165, 1.54) is 7.11 Å². The number of ether oxygens (including phenoxy) is 1. The number of epoxide rings is 1. The molecule has 0 N–H and O–H groups in total. The predicted octanol–water partition coefficient (Wildman–Crippen LogP) is 0.920. The highest BCUT2D eigenvalue weighted by Gasteiger charge is 2.41. The van der Waals surface area contributed by atoms with Crippen LogP contribution in [0.4, 0.5) is 0 Å². The van der Waals surface area contributed by atoms with Crippen molar-refractivity contribution in [2.75, 3.05) is 12.9 Å². The lowest BCUT2D eigenvalue weighted by Gasteiger charge is -1.96. The maximum absolute atomic E-state index is 11.0. The number of hydrogen-bond acceptors (Lipinski definition) is 4. The number of hydrogen-bond donors (Lipinski definition) is 0. The largest absolute Gasteiger partial charge is 0.368 e. The summed E-state index contributed by atoms with van der Waals surface area (Å²) in [6, 6.07) is 0. The third kappa shape index (κ3) is 3.62. The maximum Gasteiger partial charge on any atom is 0.269 e. The fraction of sp³-hybridized carbons (Fsp3) is 1.00. The molecule has 0 amide bonds. The van der Waals surface area contributed by atoms with Crippen LogP contribution in [0, 0.1) is 0 Å². The summed E-state index contributed by atoms with van der Waals surface area (Å²) in [6.45, 7) is 2.10. The first-order valence-corrected chi connectivity index (χ1v) is 6.10. The van der Waals surface area contributed by atoms with E-state index in [9.17, 15) is 8.42 Å². The zero-order valence-corrected chi connectivity index (χ0v) is 8.84. The first kappa shape index (κ1) is 10.9. The van der Waals surface area contributed by atoms with Crippen LogP contribution in [0.5, 0.6) is 0 Å². The van der Waals surface area contributed by atoms with Crippen molar-refractivity contribution in [1.82, 2.24) is 0 Å². The van der Waals surface area contributed by atoms with E-state index in [1.54, 1.807) is 0 Å². The summed E-state index contributed by atoms with van der Waals surface area (Å²) in [7, 11) is -2.16. The van der Waals surface area contributed by atoms with Crippen molar-refractivity contribution in [2.45, 2.75) is 38.4 Å². The van der Waals surface area contributed by atoms with E-state index in [0.717, 1.165) is 19.3 Å². The van der Waals surface area contributed by atoms with Gasteiger partial charge in [-0.1, -0.05) is 19.8 Å². The standard InChI is InChI=1S/C8H16O4S/c1-3-4-5-7-8(12-7)6-13(9,10)11-2/h7-8H,3-6H2,1-2H3. The van der Waals surface area contributed by atoms with E-state index < -0.39 is 10.1 Å². The van der Waals surface area contributed by atoms with Gasteiger partial charge in [0, 0.05) is 0 Å². The zero-order chi connectivity index (χ0) is 9.90. The van der Waals surface area contributed by atoms with Gasteiger partial charge < -0.3 is 4.74 Å². The molecule has 1 fully saturated rings. The first-order chi connectivity index (χ1) is 6.09. The van der Waals surface area contributed by atoms with Crippen LogP contribution < -0.4 is 0 Å². The van der Waals surface area contributed by atoms with Gasteiger partial charge in [0.15, 0.2) is 0 Å². The van der Waals surface area contributed by atoms with E-state index in [0.29, 0.717) is 0 Å². The minimum atomic E-state index is -3.34. The van der Waals surface area contributed by atoms with E-state index in [2.05, 4.69) is 11.1 Å². The van der Waals surface area contributed by atoms with Gasteiger partial charge in [-0.15, -0.1) is 0 Å². The van der Waals surface area contributed by atoms with Crippen LogP contribution in [0.2, 0.25) is 0 Å². The maximum atomic E-state index is 11.0. The van der Waals surface area contributed by atoms with Crippen molar-refractivity contribution in [1.29, 1.82) is 0 Å². The lowest BCUT2D eigenvalue weighted by atomic mass is 10.2. The molecular formula is C8H16O4S. The van der Waals surface area contributed by atoms with Gasteiger partial charge in [0.1, 0.15) is 11.9 Å². The number of unbranched alkanes of at least 4 members (excludes halogenated alkanes) is 1. The van der Waals surface area contributed by atoms with Crippen LogP contribution in [0.25, 0.3) is 0 Å². The van der Waals surface area contributed by atoms with E-state index in [4.69, 9.17) is 4.74 Å². The van der Waals surface area contributed by atoms with Gasteiger partial charge in [-0.3, -0.25) is 4.18 Å². The van der Waals surface area contributed by atoms with Gasteiger partial charge in [0.05, 0.1) is 13.2 Å². The molecule has 2 unspecified atom stereocenters. The van der Waals surface area contributed by atoms with Crippen LogP contribution >= 0.6 is 0 Å². The fourth-order valence-corrected chi connectivity index (χ4v) is 2.09. The minimum absolute atomic E-state index is 0.00210. The normalized spacial score (nSPS) is 27.5. The molecule has 0 bridgehead atoms. The third-order valence-electron chi connectivity index (χ3n) is 2.15. The molecule has 1 saturated heterocycles. The molecule has 2 atom stereocenters. The molecular weight excluding hydrogens is 192 g/mol. The molecule has 4 nitrogen and oxygen atoms in total. The van der Waals surface area contributed by atoms with Crippen LogP contribution in [-0.2, 0) is 19.0 Å². The molecule has 0 spiro atoms. The predicted molar refractivity (Wildman–Crippen MR) is 49.0 cm³/mol. The Bertz CT molecular complexity index is 247. The van der Waals surface area contributed by atoms with E-state index in [-0.39, 0.29) is 18.0 Å². The molecule has 0 radical (unpaired) electrons. The molecule has 1 aliphatic rings. The molecule has 13 heavy (non-hydrogen) atoms. The Kier molecular flexibility index (Phi) is 3.70. The molecule has 1 rings (SSSR count). The lowest BCUT2D eigenvalue weighted by molar-refractivity contribution is 0.357. The van der Waals surface area contributed by atoms with Crippen molar-refractivity contribution in [3.05, 3.63) is 0 Å². The third-order valence-corrected chi connectivity index (χ3v) is 3.40. The van der Waals surface area contributed by atoms with Crippen molar-refractivity contribution >= 4 is 10.1 Å². The Labute approximate surface area is 79.3 Å². The summed E-state index contributed by atoms with van der Waals surface area (Å²) in [5, 5.41) is 0. The molecule has 78 valence electrons. The summed E-state index contributed by atoms with van der Waals surface area (Å²) < 4.78 is 31.5. The highest BCUT2D eigenvalue weighted by atomic mass is 32.2. The molecule has 0 saturated carbocycles. The van der Waals surface area contributed by atoms with Crippen molar-refractivity contribution in [2.24, 2.45) is 0 Å². The summed E-state index contributed by atoms with van der Waals surface area (Å²) in [5.74, 6) is -0.00210. The second-order valence-corrected chi connectivity index (χ2v) is 5.03. The fourth-order valence-electron chi connectivity index (χ4n) is 1.25. The Balaban J connectivity index is 2.21. The second-order valence-electron chi connectivity index (χ2n) is 3.25. The Morgan fingerprint density at radius 2 is 2.08 bits per heavy atom. The van der Waals surface area contributed by atoms with Gasteiger partial charge in [-0.25, -0.2) is 0 Å². The highest BCUT2D eigenvalue weighted by molar-refractivity contribution is 7.86. The second kappa shape index (κ2) is 4.39. The molecule has 0 aromatic heterocycles. The first-order valence-electron chi connectivity index (χ1n) is 4.53. The van der Waals surface area contributed by atoms with Crippen LogP contribution in [0.3, 0.4) is 0 Å². The van der Waals surface area contributed by atoms with Gasteiger partial charge in [0.25, 0.3) is 10.1 Å². The Morgan fingerprint density at radius 3 is 2.62 bits per heavy atom. The zero-order valence-electron chi connectivity index (χ0n) is 8.02. The smallest absolute Gasteiger partial charge is 0.269 e. The van der Waals surface area contributed by atoms with Crippen LogP contribution in [0.15, 0.2) is 0 Å². The van der Waals surface area contributed by atoms with Gasteiger partial charge in [-0.2, -0.15) is 8.42 Å². The molecule has 5 heteroatoms. The van der Waals surface area contributed by atoms with Crippen LogP contribution in [0.1, 0.15) is 26.2 Å². The Morgan fingerprint density at radius 1 is 1.38 bits per heavy atom. The van der Waals surface area contributed by atoms with E-state index in [1.807, 2.05) is 0 Å². The average molecular weight is 208 g/mol. The number of rotatable bonds is 6. The molecule has 1 heterocycles. The van der Waals surface area contributed by atoms with Gasteiger partial charge >= 0.3 is 0 Å². The summed E-state index contributed by atoms with van der Waals surface area (Å²) in [4.78, 5) is 0. The SMILES string of the molecule is CCCCC1OC1CS(=O)(=O)OC. The quantitative estimate of drug-likeness (QED) is 0.481. The topological polar surface area (TPSA) is 55.9 Å². The molecule has 0 aliphatic carbocycles.